The molecule has 0 bridgehead atoms. The average molecular weight is 554 g/mol. The number of amides is 1. The lowest BCUT2D eigenvalue weighted by Gasteiger charge is -2.27. The molecule has 1 heterocycles. The fourth-order valence-electron chi connectivity index (χ4n) is 5.14. The van der Waals surface area contributed by atoms with Crippen molar-refractivity contribution in [1.82, 2.24) is 10.2 Å². The quantitative estimate of drug-likeness (QED) is 0.262. The van der Waals surface area contributed by atoms with Crippen LogP contribution in [-0.4, -0.2) is 32.3 Å². The number of nitrogens with one attached hydrogen (secondary N) is 1. The number of likely N-dealkylation sites (tertiary alicyclic amines) is 1. The zero-order valence-corrected chi connectivity index (χ0v) is 23.4. The lowest BCUT2D eigenvalue weighted by molar-refractivity contribution is 0.0951. The molecule has 40 heavy (non-hydrogen) atoms. The summed E-state index contributed by atoms with van der Waals surface area (Å²) in [7, 11) is -3.95. The first kappa shape index (κ1) is 27.6. The molecule has 0 aromatic heterocycles. The van der Waals surface area contributed by atoms with Crippen molar-refractivity contribution in [1.29, 1.82) is 0 Å². The fourth-order valence-corrected chi connectivity index (χ4v) is 6.64. The number of para-hydroxylation sites is 1. The van der Waals surface area contributed by atoms with Gasteiger partial charge < -0.3 is 5.32 Å². The second kappa shape index (κ2) is 12.9. The summed E-state index contributed by atoms with van der Waals surface area (Å²) in [5, 5.41) is 3.02. The van der Waals surface area contributed by atoms with Crippen LogP contribution in [0.15, 0.2) is 114 Å². The van der Waals surface area contributed by atoms with Gasteiger partial charge in [-0.3, -0.25) is 14.0 Å². The highest BCUT2D eigenvalue weighted by atomic mass is 32.2. The summed E-state index contributed by atoms with van der Waals surface area (Å²) in [5.41, 5.74) is 3.71. The van der Waals surface area contributed by atoms with Crippen LogP contribution in [0.2, 0.25) is 0 Å². The van der Waals surface area contributed by atoms with Crippen molar-refractivity contribution in [3.05, 3.63) is 131 Å². The molecule has 4 aromatic rings. The third kappa shape index (κ3) is 6.79. The van der Waals surface area contributed by atoms with Crippen LogP contribution in [-0.2, 0) is 29.7 Å². The van der Waals surface area contributed by atoms with E-state index < -0.39 is 10.0 Å². The predicted octanol–water partition coefficient (Wildman–Crippen LogP) is 6.00. The molecule has 0 atom stereocenters. The third-order valence-corrected chi connectivity index (χ3v) is 8.99. The monoisotopic (exact) mass is 553 g/mol. The van der Waals surface area contributed by atoms with Gasteiger partial charge in [0.2, 0.25) is 0 Å². The highest BCUT2D eigenvalue weighted by molar-refractivity contribution is 7.92. The molecule has 1 aliphatic rings. The number of anilines is 1. The summed E-state index contributed by atoms with van der Waals surface area (Å²) in [5.74, 6) is -0.321. The molecule has 1 aliphatic heterocycles. The molecule has 0 saturated carbocycles. The van der Waals surface area contributed by atoms with E-state index in [1.165, 1.54) is 29.1 Å². The van der Waals surface area contributed by atoms with Gasteiger partial charge in [0, 0.05) is 13.1 Å². The number of benzene rings is 4. The molecule has 0 aliphatic carbocycles. The van der Waals surface area contributed by atoms with E-state index in [1.807, 2.05) is 42.5 Å². The maximum Gasteiger partial charge on any atom is 0.264 e. The van der Waals surface area contributed by atoms with Crippen LogP contribution in [0, 0.1) is 0 Å². The molecule has 1 N–H and O–H groups in total. The van der Waals surface area contributed by atoms with Gasteiger partial charge in [-0.2, -0.15) is 0 Å². The van der Waals surface area contributed by atoms with Crippen LogP contribution in [0.4, 0.5) is 5.69 Å². The molecule has 0 unspecified atom stereocenters. The standard InChI is InChI=1S/C33H35N3O3S/c37-33(34-24-28-15-12-16-29(23-28)25-35-21-10-3-11-22-35)31-19-8-9-20-32(31)36(26-27-13-4-1-5-14-27)40(38,39)30-17-6-2-7-18-30/h1-2,4-9,12-20,23H,3,10-11,21-22,24-26H2,(H,34,37). The Morgan fingerprint density at radius 1 is 0.725 bits per heavy atom. The molecule has 5 rings (SSSR count). The Kier molecular flexibility index (Phi) is 8.94. The first-order valence-electron chi connectivity index (χ1n) is 13.8. The van der Waals surface area contributed by atoms with Gasteiger partial charge >= 0.3 is 0 Å². The molecule has 1 fully saturated rings. The van der Waals surface area contributed by atoms with E-state index >= 15 is 0 Å². The summed E-state index contributed by atoms with van der Waals surface area (Å²) in [4.78, 5) is 16.2. The van der Waals surface area contributed by atoms with E-state index in [1.54, 1.807) is 54.6 Å². The zero-order chi connectivity index (χ0) is 27.8. The summed E-state index contributed by atoms with van der Waals surface area (Å²) < 4.78 is 29.1. The van der Waals surface area contributed by atoms with Crippen LogP contribution in [0.3, 0.4) is 0 Å². The topological polar surface area (TPSA) is 69.7 Å². The van der Waals surface area contributed by atoms with Crippen molar-refractivity contribution in [3.8, 4) is 0 Å². The molecular weight excluding hydrogens is 518 g/mol. The Morgan fingerprint density at radius 2 is 1.35 bits per heavy atom. The van der Waals surface area contributed by atoms with Gasteiger partial charge in [0.25, 0.3) is 15.9 Å². The van der Waals surface area contributed by atoms with Crippen molar-refractivity contribution >= 4 is 21.6 Å². The first-order valence-corrected chi connectivity index (χ1v) is 15.2. The molecule has 1 amide bonds. The number of piperidine rings is 1. The van der Waals surface area contributed by atoms with Gasteiger partial charge in [0.05, 0.1) is 22.7 Å². The van der Waals surface area contributed by atoms with Gasteiger partial charge in [0.1, 0.15) is 0 Å². The minimum Gasteiger partial charge on any atom is -0.348 e. The number of hydrogen-bond donors (Lipinski definition) is 1. The van der Waals surface area contributed by atoms with Crippen LogP contribution in [0.5, 0.6) is 0 Å². The number of hydrogen-bond acceptors (Lipinski definition) is 4. The van der Waals surface area contributed by atoms with Crippen molar-refractivity contribution in [2.45, 2.75) is 43.8 Å². The van der Waals surface area contributed by atoms with Crippen molar-refractivity contribution in [2.75, 3.05) is 17.4 Å². The Balaban J connectivity index is 1.38. The normalized spacial score (nSPS) is 14.0. The average Bonchev–Trinajstić information content (AvgIpc) is 3.00. The highest BCUT2D eigenvalue weighted by Crippen LogP contribution is 2.29. The van der Waals surface area contributed by atoms with E-state index in [9.17, 15) is 13.2 Å². The van der Waals surface area contributed by atoms with Crippen LogP contribution < -0.4 is 9.62 Å². The lowest BCUT2D eigenvalue weighted by atomic mass is 10.1. The minimum absolute atomic E-state index is 0.0981. The minimum atomic E-state index is -3.95. The molecule has 6 nitrogen and oxygen atoms in total. The molecule has 206 valence electrons. The van der Waals surface area contributed by atoms with Crippen molar-refractivity contribution in [2.24, 2.45) is 0 Å². The molecule has 0 radical (unpaired) electrons. The molecule has 4 aromatic carbocycles. The maximum absolute atomic E-state index is 13.9. The first-order chi connectivity index (χ1) is 19.5. The van der Waals surface area contributed by atoms with Crippen LogP contribution >= 0.6 is 0 Å². The SMILES string of the molecule is O=C(NCc1cccc(CN2CCCCC2)c1)c1ccccc1N(Cc1ccccc1)S(=O)(=O)c1ccccc1. The number of carbonyl (C=O) groups excluding carboxylic acids is 1. The van der Waals surface area contributed by atoms with E-state index in [4.69, 9.17) is 0 Å². The Bertz CT molecular complexity index is 1520. The van der Waals surface area contributed by atoms with E-state index in [0.717, 1.165) is 30.8 Å². The van der Waals surface area contributed by atoms with Crippen molar-refractivity contribution < 1.29 is 13.2 Å². The summed E-state index contributed by atoms with van der Waals surface area (Å²) in [6.07, 6.45) is 3.80. The van der Waals surface area contributed by atoms with E-state index in [-0.39, 0.29) is 17.3 Å². The van der Waals surface area contributed by atoms with Crippen LogP contribution in [0.25, 0.3) is 0 Å². The number of rotatable bonds is 10. The molecular formula is C33H35N3O3S. The number of nitrogens with zero attached hydrogens (tertiary/aromatic N) is 2. The Morgan fingerprint density at radius 3 is 2.10 bits per heavy atom. The van der Waals surface area contributed by atoms with Gasteiger partial charge in [-0.25, -0.2) is 8.42 Å². The number of sulfonamides is 1. The Hall–Kier alpha value is -3.94. The largest absolute Gasteiger partial charge is 0.348 e. The molecule has 1 saturated heterocycles. The highest BCUT2D eigenvalue weighted by Gasteiger charge is 2.28. The van der Waals surface area contributed by atoms with Gasteiger partial charge in [-0.05, 0) is 66.9 Å². The summed E-state index contributed by atoms with van der Waals surface area (Å²) in [6, 6.07) is 32.9. The summed E-state index contributed by atoms with van der Waals surface area (Å²) >= 11 is 0. The smallest absolute Gasteiger partial charge is 0.264 e. The van der Waals surface area contributed by atoms with E-state index in [2.05, 4.69) is 22.3 Å². The summed E-state index contributed by atoms with van der Waals surface area (Å²) in [6.45, 7) is 3.62. The predicted molar refractivity (Wildman–Crippen MR) is 159 cm³/mol. The molecule has 7 heteroatoms. The third-order valence-electron chi connectivity index (χ3n) is 7.22. The van der Waals surface area contributed by atoms with Gasteiger partial charge in [0.15, 0.2) is 0 Å². The second-order valence-electron chi connectivity index (χ2n) is 10.2. The van der Waals surface area contributed by atoms with Crippen molar-refractivity contribution in [3.63, 3.8) is 0 Å². The number of carbonyl (C=O) groups is 1. The zero-order valence-electron chi connectivity index (χ0n) is 22.6. The van der Waals surface area contributed by atoms with Gasteiger partial charge in [-0.1, -0.05) is 91.3 Å². The van der Waals surface area contributed by atoms with Gasteiger partial charge in [-0.15, -0.1) is 0 Å². The van der Waals surface area contributed by atoms with E-state index in [0.29, 0.717) is 17.8 Å². The Labute approximate surface area is 237 Å². The second-order valence-corrected chi connectivity index (χ2v) is 12.0. The maximum atomic E-state index is 13.9. The fraction of sp³-hybridized carbons (Fsp3) is 0.242. The lowest BCUT2D eigenvalue weighted by Crippen LogP contribution is -2.33. The molecule has 0 spiro atoms. The van der Waals surface area contributed by atoms with Crippen LogP contribution in [0.1, 0.15) is 46.3 Å².